The number of carboxylic acids is 1. The summed E-state index contributed by atoms with van der Waals surface area (Å²) in [7, 11) is 0. The van der Waals surface area contributed by atoms with Crippen LogP contribution in [0.2, 0.25) is 0 Å². The predicted molar refractivity (Wildman–Crippen MR) is 75.0 cm³/mol. The number of ether oxygens (including phenoxy) is 1. The third-order valence-electron chi connectivity index (χ3n) is 2.92. The van der Waals surface area contributed by atoms with E-state index in [-0.39, 0.29) is 11.8 Å². The second kappa shape index (κ2) is 6.49. The first-order valence-corrected chi connectivity index (χ1v) is 6.84. The van der Waals surface area contributed by atoms with Crippen LogP contribution in [0.15, 0.2) is 12.4 Å². The van der Waals surface area contributed by atoms with Crippen molar-refractivity contribution in [1.29, 1.82) is 0 Å². The van der Waals surface area contributed by atoms with E-state index >= 15 is 0 Å². The highest BCUT2D eigenvalue weighted by Gasteiger charge is 2.21. The van der Waals surface area contributed by atoms with Crippen LogP contribution < -0.4 is 0 Å². The average Bonchev–Trinajstić information content (AvgIpc) is 3.03. The van der Waals surface area contributed by atoms with Crippen molar-refractivity contribution in [3.8, 4) is 11.3 Å². The van der Waals surface area contributed by atoms with Crippen LogP contribution >= 0.6 is 0 Å². The quantitative estimate of drug-likeness (QED) is 0.826. The zero-order valence-corrected chi connectivity index (χ0v) is 12.4. The fraction of sp³-hybridized carbons (Fsp3) is 0.538. The van der Waals surface area contributed by atoms with E-state index in [0.717, 1.165) is 0 Å². The first-order chi connectivity index (χ1) is 10.0. The molecule has 0 saturated heterocycles. The molecule has 0 saturated carbocycles. The third kappa shape index (κ3) is 3.46. The van der Waals surface area contributed by atoms with E-state index in [1.165, 1.54) is 0 Å². The molecule has 8 heteroatoms. The van der Waals surface area contributed by atoms with Crippen molar-refractivity contribution in [3.63, 3.8) is 0 Å². The highest BCUT2D eigenvalue weighted by atomic mass is 16.5. The zero-order valence-electron chi connectivity index (χ0n) is 12.4. The van der Waals surface area contributed by atoms with Gasteiger partial charge >= 0.3 is 5.97 Å². The number of aromatic carboxylic acids is 1. The number of carboxylic acid groups (broad SMARTS) is 1. The van der Waals surface area contributed by atoms with Crippen molar-refractivity contribution < 1.29 is 14.6 Å². The lowest BCUT2D eigenvalue weighted by Gasteiger charge is -2.08. The van der Waals surface area contributed by atoms with Gasteiger partial charge in [0.05, 0.1) is 25.5 Å². The SMILES string of the molecule is CCn1cc(-c2c(C(=O)O)nnn2CCOC(C)C)cn1. The fourth-order valence-electron chi connectivity index (χ4n) is 1.93. The van der Waals surface area contributed by atoms with Crippen LogP contribution in [0, 0.1) is 0 Å². The molecule has 21 heavy (non-hydrogen) atoms. The summed E-state index contributed by atoms with van der Waals surface area (Å²) in [6, 6.07) is 0. The van der Waals surface area contributed by atoms with Crippen LogP contribution in [0.5, 0.6) is 0 Å². The van der Waals surface area contributed by atoms with Crippen molar-refractivity contribution >= 4 is 5.97 Å². The molecule has 0 fully saturated rings. The van der Waals surface area contributed by atoms with E-state index in [0.29, 0.717) is 31.0 Å². The molecule has 0 aromatic carbocycles. The lowest BCUT2D eigenvalue weighted by atomic mass is 10.2. The van der Waals surface area contributed by atoms with Gasteiger partial charge in [-0.05, 0) is 20.8 Å². The van der Waals surface area contributed by atoms with E-state index in [9.17, 15) is 9.90 Å². The van der Waals surface area contributed by atoms with Gasteiger partial charge in [0.1, 0.15) is 5.69 Å². The molecule has 0 unspecified atom stereocenters. The van der Waals surface area contributed by atoms with Crippen LogP contribution in [0.4, 0.5) is 0 Å². The molecule has 0 aliphatic carbocycles. The van der Waals surface area contributed by atoms with Gasteiger partial charge in [-0.2, -0.15) is 5.10 Å². The molecule has 0 bridgehead atoms. The number of aryl methyl sites for hydroxylation is 1. The Kier molecular flexibility index (Phi) is 4.69. The fourth-order valence-corrected chi connectivity index (χ4v) is 1.93. The Bertz CT molecular complexity index is 617. The van der Waals surface area contributed by atoms with Gasteiger partial charge in [-0.1, -0.05) is 5.21 Å². The summed E-state index contributed by atoms with van der Waals surface area (Å²) in [6.45, 7) is 7.42. The van der Waals surface area contributed by atoms with Crippen LogP contribution in [0.3, 0.4) is 0 Å². The summed E-state index contributed by atoms with van der Waals surface area (Å²) in [5, 5.41) is 21.1. The van der Waals surface area contributed by atoms with E-state index in [2.05, 4.69) is 15.4 Å². The van der Waals surface area contributed by atoms with Crippen molar-refractivity contribution in [1.82, 2.24) is 24.8 Å². The van der Waals surface area contributed by atoms with Gasteiger partial charge in [-0.25, -0.2) is 9.48 Å². The minimum absolute atomic E-state index is 0.0739. The van der Waals surface area contributed by atoms with Gasteiger partial charge in [-0.3, -0.25) is 4.68 Å². The van der Waals surface area contributed by atoms with Gasteiger partial charge in [0, 0.05) is 18.3 Å². The maximum absolute atomic E-state index is 11.3. The Hall–Kier alpha value is -2.22. The molecule has 2 rings (SSSR count). The summed E-state index contributed by atoms with van der Waals surface area (Å²) in [4.78, 5) is 11.3. The Balaban J connectivity index is 2.31. The third-order valence-corrected chi connectivity index (χ3v) is 2.92. The minimum atomic E-state index is -1.11. The van der Waals surface area contributed by atoms with Crippen molar-refractivity contribution in [3.05, 3.63) is 18.1 Å². The van der Waals surface area contributed by atoms with Crippen molar-refractivity contribution in [2.24, 2.45) is 0 Å². The second-order valence-electron chi connectivity index (χ2n) is 4.82. The minimum Gasteiger partial charge on any atom is -0.476 e. The lowest BCUT2D eigenvalue weighted by Crippen LogP contribution is -2.13. The molecule has 2 aromatic rings. The first kappa shape index (κ1) is 15.2. The Morgan fingerprint density at radius 2 is 2.24 bits per heavy atom. The highest BCUT2D eigenvalue weighted by Crippen LogP contribution is 2.21. The number of aromatic nitrogens is 5. The standard InChI is InChI=1S/C13H19N5O3/c1-4-17-8-10(7-14-17)12-11(13(19)20)15-16-18(12)5-6-21-9(2)3/h7-9H,4-6H2,1-3H3,(H,19,20). The molecule has 0 atom stereocenters. The maximum atomic E-state index is 11.3. The van der Waals surface area contributed by atoms with E-state index < -0.39 is 5.97 Å². The van der Waals surface area contributed by atoms with Gasteiger partial charge in [0.2, 0.25) is 0 Å². The maximum Gasteiger partial charge on any atom is 0.358 e. The van der Waals surface area contributed by atoms with Gasteiger partial charge in [0.15, 0.2) is 5.69 Å². The Morgan fingerprint density at radius 3 is 2.81 bits per heavy atom. The summed E-state index contributed by atoms with van der Waals surface area (Å²) >= 11 is 0. The van der Waals surface area contributed by atoms with E-state index in [4.69, 9.17) is 4.74 Å². The predicted octanol–water partition coefficient (Wildman–Crippen LogP) is 1.28. The topological polar surface area (TPSA) is 95.1 Å². The largest absolute Gasteiger partial charge is 0.476 e. The van der Waals surface area contributed by atoms with Gasteiger partial charge in [0.25, 0.3) is 0 Å². The van der Waals surface area contributed by atoms with Crippen LogP contribution in [0.25, 0.3) is 11.3 Å². The molecule has 1 N–H and O–H groups in total. The molecule has 2 aromatic heterocycles. The van der Waals surface area contributed by atoms with Crippen LogP contribution in [0.1, 0.15) is 31.3 Å². The summed E-state index contributed by atoms with van der Waals surface area (Å²) in [5.41, 5.74) is 1.06. The average molecular weight is 293 g/mol. The molecule has 0 amide bonds. The van der Waals surface area contributed by atoms with Crippen molar-refractivity contribution in [2.45, 2.75) is 40.0 Å². The number of nitrogens with zero attached hydrogens (tertiary/aromatic N) is 5. The molecule has 8 nitrogen and oxygen atoms in total. The van der Waals surface area contributed by atoms with Crippen LogP contribution in [-0.4, -0.2) is 48.6 Å². The van der Waals surface area contributed by atoms with E-state index in [1.54, 1.807) is 21.8 Å². The van der Waals surface area contributed by atoms with Crippen molar-refractivity contribution in [2.75, 3.05) is 6.61 Å². The number of hydrogen-bond donors (Lipinski definition) is 1. The number of carbonyl (C=O) groups is 1. The number of hydrogen-bond acceptors (Lipinski definition) is 5. The normalized spacial score (nSPS) is 11.2. The molecule has 0 radical (unpaired) electrons. The number of rotatable bonds is 7. The Labute approximate surface area is 122 Å². The molecule has 0 aliphatic rings. The second-order valence-corrected chi connectivity index (χ2v) is 4.82. The first-order valence-electron chi connectivity index (χ1n) is 6.84. The molecular weight excluding hydrogens is 274 g/mol. The Morgan fingerprint density at radius 1 is 1.48 bits per heavy atom. The van der Waals surface area contributed by atoms with Gasteiger partial charge in [-0.15, -0.1) is 5.10 Å². The molecule has 0 aliphatic heterocycles. The smallest absolute Gasteiger partial charge is 0.358 e. The van der Waals surface area contributed by atoms with E-state index in [1.807, 2.05) is 20.8 Å². The zero-order chi connectivity index (χ0) is 15.4. The summed E-state index contributed by atoms with van der Waals surface area (Å²) < 4.78 is 8.75. The summed E-state index contributed by atoms with van der Waals surface area (Å²) in [5.74, 6) is -1.11. The molecule has 2 heterocycles. The monoisotopic (exact) mass is 293 g/mol. The van der Waals surface area contributed by atoms with Gasteiger partial charge < -0.3 is 9.84 Å². The lowest BCUT2D eigenvalue weighted by molar-refractivity contribution is 0.0687. The van der Waals surface area contributed by atoms with Crippen LogP contribution in [-0.2, 0) is 17.8 Å². The molecule has 0 spiro atoms. The highest BCUT2D eigenvalue weighted by molar-refractivity contribution is 5.92. The summed E-state index contributed by atoms with van der Waals surface area (Å²) in [6.07, 6.45) is 3.51. The molecule has 114 valence electrons. The molecular formula is C13H19N5O3.